The molecule has 3 rings (SSSR count). The molecule has 1 aliphatic heterocycles. The summed E-state index contributed by atoms with van der Waals surface area (Å²) in [4.78, 5) is 22.4. The number of carbonyl (C=O) groups is 1. The second-order valence-corrected chi connectivity index (χ2v) is 6.01. The molecule has 0 spiro atoms. The Morgan fingerprint density at radius 3 is 2.95 bits per heavy atom. The third-order valence-corrected chi connectivity index (χ3v) is 4.00. The molecule has 0 aromatic carbocycles. The van der Waals surface area contributed by atoms with E-state index in [1.54, 1.807) is 6.07 Å². The number of amides is 2. The molecule has 2 fully saturated rings. The van der Waals surface area contributed by atoms with Gasteiger partial charge in [-0.05, 0) is 26.2 Å². The smallest absolute Gasteiger partial charge is 0.317 e. The Morgan fingerprint density at radius 2 is 2.24 bits per heavy atom. The number of halogens is 1. The SMILES string of the molecule is CCNC(=O)N1CCC(Nc2cc(Cl)nc(C3CC3)n2)C1. The summed E-state index contributed by atoms with van der Waals surface area (Å²) < 4.78 is 0. The van der Waals surface area contributed by atoms with Gasteiger partial charge in [-0.3, -0.25) is 0 Å². The average Bonchev–Trinajstić information content (AvgIpc) is 3.19. The summed E-state index contributed by atoms with van der Waals surface area (Å²) in [6, 6.07) is 1.97. The Balaban J connectivity index is 1.61. The zero-order valence-electron chi connectivity index (χ0n) is 12.1. The van der Waals surface area contributed by atoms with Gasteiger partial charge in [0.15, 0.2) is 0 Å². The van der Waals surface area contributed by atoms with Crippen molar-refractivity contribution in [1.29, 1.82) is 0 Å². The molecule has 0 bridgehead atoms. The monoisotopic (exact) mass is 309 g/mol. The molecular weight excluding hydrogens is 290 g/mol. The van der Waals surface area contributed by atoms with Crippen molar-refractivity contribution in [2.24, 2.45) is 0 Å². The van der Waals surface area contributed by atoms with Crippen LogP contribution in [0.25, 0.3) is 0 Å². The lowest BCUT2D eigenvalue weighted by molar-refractivity contribution is 0.209. The van der Waals surface area contributed by atoms with Gasteiger partial charge < -0.3 is 15.5 Å². The van der Waals surface area contributed by atoms with Crippen LogP contribution in [0.15, 0.2) is 6.07 Å². The van der Waals surface area contributed by atoms with E-state index in [1.165, 1.54) is 0 Å². The number of nitrogens with zero attached hydrogens (tertiary/aromatic N) is 3. The second-order valence-electron chi connectivity index (χ2n) is 5.62. The summed E-state index contributed by atoms with van der Waals surface area (Å²) in [5, 5.41) is 6.68. The highest BCUT2D eigenvalue weighted by Gasteiger charge is 2.29. The van der Waals surface area contributed by atoms with Crippen LogP contribution in [0, 0.1) is 0 Å². The molecule has 2 N–H and O–H groups in total. The fraction of sp³-hybridized carbons (Fsp3) is 0.643. The van der Waals surface area contributed by atoms with Gasteiger partial charge in [0, 0.05) is 37.7 Å². The van der Waals surface area contributed by atoms with Crippen molar-refractivity contribution in [2.45, 2.75) is 38.1 Å². The van der Waals surface area contributed by atoms with Gasteiger partial charge in [-0.15, -0.1) is 0 Å². The third-order valence-electron chi connectivity index (χ3n) is 3.81. The van der Waals surface area contributed by atoms with Crippen molar-refractivity contribution in [3.63, 3.8) is 0 Å². The van der Waals surface area contributed by atoms with Gasteiger partial charge in [0.1, 0.15) is 16.8 Å². The quantitative estimate of drug-likeness (QED) is 0.837. The molecule has 7 heteroatoms. The maximum absolute atomic E-state index is 11.8. The van der Waals surface area contributed by atoms with Crippen LogP contribution in [0.4, 0.5) is 10.6 Å². The largest absolute Gasteiger partial charge is 0.365 e. The van der Waals surface area contributed by atoms with Gasteiger partial charge in [0.2, 0.25) is 0 Å². The van der Waals surface area contributed by atoms with Crippen LogP contribution < -0.4 is 10.6 Å². The van der Waals surface area contributed by atoms with E-state index in [1.807, 2.05) is 11.8 Å². The number of urea groups is 1. The maximum Gasteiger partial charge on any atom is 0.317 e. The predicted molar refractivity (Wildman–Crippen MR) is 81.7 cm³/mol. The van der Waals surface area contributed by atoms with Crippen LogP contribution in [-0.4, -0.2) is 46.6 Å². The molecule has 6 nitrogen and oxygen atoms in total. The van der Waals surface area contributed by atoms with Gasteiger partial charge in [0.25, 0.3) is 0 Å². The first-order valence-corrected chi connectivity index (χ1v) is 7.87. The molecule has 21 heavy (non-hydrogen) atoms. The van der Waals surface area contributed by atoms with Crippen LogP contribution in [0.1, 0.15) is 37.9 Å². The summed E-state index contributed by atoms with van der Waals surface area (Å²) in [5.41, 5.74) is 0. The fourth-order valence-electron chi connectivity index (χ4n) is 2.57. The van der Waals surface area contributed by atoms with Crippen LogP contribution in [-0.2, 0) is 0 Å². The molecule has 1 aromatic heterocycles. The minimum Gasteiger partial charge on any atom is -0.365 e. The highest BCUT2D eigenvalue weighted by Crippen LogP contribution is 2.38. The lowest BCUT2D eigenvalue weighted by Gasteiger charge is -2.17. The molecule has 2 amide bonds. The molecule has 1 aliphatic carbocycles. The summed E-state index contributed by atoms with van der Waals surface area (Å²) >= 11 is 6.06. The Hall–Kier alpha value is -1.56. The molecule has 1 saturated heterocycles. The summed E-state index contributed by atoms with van der Waals surface area (Å²) in [6.45, 7) is 4.02. The molecule has 1 atom stereocenters. The van der Waals surface area contributed by atoms with Gasteiger partial charge in [-0.2, -0.15) is 0 Å². The van der Waals surface area contributed by atoms with E-state index in [-0.39, 0.29) is 12.1 Å². The van der Waals surface area contributed by atoms with E-state index >= 15 is 0 Å². The standard InChI is InChI=1S/C14H20ClN5O/c1-2-16-14(21)20-6-5-10(8-20)17-12-7-11(15)18-13(19-12)9-3-4-9/h7,9-10H,2-6,8H2,1H3,(H,16,21)(H,17,18,19). The van der Waals surface area contributed by atoms with Gasteiger partial charge >= 0.3 is 6.03 Å². The minimum absolute atomic E-state index is 0.00110. The topological polar surface area (TPSA) is 70.2 Å². The van der Waals surface area contributed by atoms with E-state index in [9.17, 15) is 4.79 Å². The van der Waals surface area contributed by atoms with Crippen molar-refractivity contribution in [3.8, 4) is 0 Å². The molecule has 2 heterocycles. The van der Waals surface area contributed by atoms with E-state index in [4.69, 9.17) is 11.6 Å². The first-order chi connectivity index (χ1) is 10.2. The summed E-state index contributed by atoms with van der Waals surface area (Å²) in [6.07, 6.45) is 3.21. The van der Waals surface area contributed by atoms with Gasteiger partial charge in [-0.25, -0.2) is 14.8 Å². The number of likely N-dealkylation sites (tertiary alicyclic amines) is 1. The first-order valence-electron chi connectivity index (χ1n) is 7.49. The second kappa shape index (κ2) is 6.05. The lowest BCUT2D eigenvalue weighted by Crippen LogP contribution is -2.39. The number of aromatic nitrogens is 2. The third kappa shape index (κ3) is 3.56. The highest BCUT2D eigenvalue weighted by molar-refractivity contribution is 6.29. The molecule has 1 aromatic rings. The van der Waals surface area contributed by atoms with Crippen molar-refractivity contribution in [1.82, 2.24) is 20.2 Å². The normalized spacial score (nSPS) is 21.4. The number of hydrogen-bond donors (Lipinski definition) is 2. The molecule has 2 aliphatic rings. The average molecular weight is 310 g/mol. The zero-order chi connectivity index (χ0) is 14.8. The Labute approximate surface area is 129 Å². The van der Waals surface area contributed by atoms with Gasteiger partial charge in [-0.1, -0.05) is 11.6 Å². The van der Waals surface area contributed by atoms with Crippen molar-refractivity contribution in [3.05, 3.63) is 17.0 Å². The van der Waals surface area contributed by atoms with E-state index in [0.29, 0.717) is 24.2 Å². The van der Waals surface area contributed by atoms with E-state index in [2.05, 4.69) is 20.6 Å². The molecular formula is C14H20ClN5O. The number of hydrogen-bond acceptors (Lipinski definition) is 4. The van der Waals surface area contributed by atoms with Crippen LogP contribution in [0.3, 0.4) is 0 Å². The van der Waals surface area contributed by atoms with E-state index in [0.717, 1.165) is 37.4 Å². The predicted octanol–water partition coefficient (Wildman–Crippen LogP) is 2.22. The Kier molecular flexibility index (Phi) is 4.14. The van der Waals surface area contributed by atoms with Crippen LogP contribution >= 0.6 is 11.6 Å². The van der Waals surface area contributed by atoms with Crippen molar-refractivity contribution in [2.75, 3.05) is 25.0 Å². The number of rotatable bonds is 4. The minimum atomic E-state index is 0.00110. The number of nitrogens with one attached hydrogen (secondary N) is 2. The Morgan fingerprint density at radius 1 is 1.43 bits per heavy atom. The van der Waals surface area contributed by atoms with Crippen LogP contribution in [0.5, 0.6) is 0 Å². The number of carbonyl (C=O) groups excluding carboxylic acids is 1. The van der Waals surface area contributed by atoms with Gasteiger partial charge in [0.05, 0.1) is 0 Å². The zero-order valence-corrected chi connectivity index (χ0v) is 12.9. The summed E-state index contributed by atoms with van der Waals surface area (Å²) in [7, 11) is 0. The van der Waals surface area contributed by atoms with Crippen molar-refractivity contribution < 1.29 is 4.79 Å². The number of anilines is 1. The van der Waals surface area contributed by atoms with Crippen LogP contribution in [0.2, 0.25) is 5.15 Å². The summed E-state index contributed by atoms with van der Waals surface area (Å²) in [5.74, 6) is 2.07. The molecule has 0 radical (unpaired) electrons. The molecule has 1 unspecified atom stereocenters. The highest BCUT2D eigenvalue weighted by atomic mass is 35.5. The Bertz CT molecular complexity index is 534. The fourth-order valence-corrected chi connectivity index (χ4v) is 2.76. The molecule has 114 valence electrons. The van der Waals surface area contributed by atoms with Crippen molar-refractivity contribution >= 4 is 23.4 Å². The molecule has 1 saturated carbocycles. The lowest BCUT2D eigenvalue weighted by atomic mass is 10.2. The maximum atomic E-state index is 11.8. The first kappa shape index (κ1) is 14.4. The van der Waals surface area contributed by atoms with E-state index < -0.39 is 0 Å².